The van der Waals surface area contributed by atoms with Crippen LogP contribution in [0.4, 0.5) is 0 Å². The number of rotatable bonds is 4. The normalized spacial score (nSPS) is 18.8. The van der Waals surface area contributed by atoms with E-state index in [0.29, 0.717) is 5.92 Å². The minimum Gasteiger partial charge on any atom is -0.381 e. The highest BCUT2D eigenvalue weighted by molar-refractivity contribution is 5.34. The van der Waals surface area contributed by atoms with Crippen molar-refractivity contribution in [3.63, 3.8) is 0 Å². The quantitative estimate of drug-likeness (QED) is 0.883. The van der Waals surface area contributed by atoms with Crippen molar-refractivity contribution in [2.75, 3.05) is 26.8 Å². The number of aryl methyl sites for hydroxylation is 2. The monoisotopic (exact) mass is 247 g/mol. The summed E-state index contributed by atoms with van der Waals surface area (Å²) in [5, 5.41) is 3.37. The molecule has 0 saturated carbocycles. The van der Waals surface area contributed by atoms with Gasteiger partial charge in [0.05, 0.1) is 0 Å². The van der Waals surface area contributed by atoms with Crippen molar-refractivity contribution < 1.29 is 4.74 Å². The van der Waals surface area contributed by atoms with Crippen LogP contribution in [0.15, 0.2) is 18.2 Å². The Hall–Kier alpha value is -0.860. The van der Waals surface area contributed by atoms with Gasteiger partial charge in [-0.3, -0.25) is 0 Å². The Morgan fingerprint density at radius 2 is 2.00 bits per heavy atom. The topological polar surface area (TPSA) is 21.3 Å². The summed E-state index contributed by atoms with van der Waals surface area (Å²) in [4.78, 5) is 0. The maximum absolute atomic E-state index is 5.50. The number of nitrogens with one attached hydrogen (secondary N) is 1. The van der Waals surface area contributed by atoms with Gasteiger partial charge in [0.15, 0.2) is 0 Å². The number of hydrogen-bond donors (Lipinski definition) is 1. The van der Waals surface area contributed by atoms with E-state index in [2.05, 4.69) is 44.4 Å². The summed E-state index contributed by atoms with van der Waals surface area (Å²) < 4.78 is 5.50. The van der Waals surface area contributed by atoms with E-state index < -0.39 is 0 Å². The fraction of sp³-hybridized carbons (Fsp3) is 0.625. The summed E-state index contributed by atoms with van der Waals surface area (Å²) in [7, 11) is 2.05. The second kappa shape index (κ2) is 6.35. The van der Waals surface area contributed by atoms with E-state index in [0.717, 1.165) is 25.7 Å². The highest BCUT2D eigenvalue weighted by atomic mass is 16.5. The SMILES string of the molecule is CNCC(c1cc(C)ccc1C)C1CCOCC1. The molecule has 0 bridgehead atoms. The molecule has 1 fully saturated rings. The van der Waals surface area contributed by atoms with Gasteiger partial charge in [0, 0.05) is 19.8 Å². The van der Waals surface area contributed by atoms with Crippen LogP contribution in [0.1, 0.15) is 35.4 Å². The van der Waals surface area contributed by atoms with Crippen LogP contribution in [0.25, 0.3) is 0 Å². The lowest BCUT2D eigenvalue weighted by atomic mass is 9.79. The number of hydrogen-bond acceptors (Lipinski definition) is 2. The van der Waals surface area contributed by atoms with Crippen LogP contribution in [0.2, 0.25) is 0 Å². The zero-order valence-electron chi connectivity index (χ0n) is 11.8. The lowest BCUT2D eigenvalue weighted by Gasteiger charge is -2.31. The largest absolute Gasteiger partial charge is 0.381 e. The Balaban J connectivity index is 2.24. The van der Waals surface area contributed by atoms with Crippen LogP contribution in [0, 0.1) is 19.8 Å². The molecule has 1 saturated heterocycles. The number of ether oxygens (including phenoxy) is 1. The summed E-state index contributed by atoms with van der Waals surface area (Å²) in [6.07, 6.45) is 2.39. The van der Waals surface area contributed by atoms with E-state index in [1.807, 2.05) is 0 Å². The van der Waals surface area contributed by atoms with Gasteiger partial charge in [-0.2, -0.15) is 0 Å². The molecule has 1 N–H and O–H groups in total. The molecule has 0 spiro atoms. The second-order valence-corrected chi connectivity index (χ2v) is 5.47. The Morgan fingerprint density at radius 3 is 2.67 bits per heavy atom. The lowest BCUT2D eigenvalue weighted by Crippen LogP contribution is -2.29. The van der Waals surface area contributed by atoms with Crippen LogP contribution in [0.3, 0.4) is 0 Å². The zero-order chi connectivity index (χ0) is 13.0. The fourth-order valence-electron chi connectivity index (χ4n) is 3.03. The van der Waals surface area contributed by atoms with E-state index in [4.69, 9.17) is 4.74 Å². The molecule has 1 aromatic carbocycles. The zero-order valence-corrected chi connectivity index (χ0v) is 11.8. The molecule has 0 aromatic heterocycles. The maximum Gasteiger partial charge on any atom is 0.0468 e. The van der Waals surface area contributed by atoms with Gasteiger partial charge in [0.1, 0.15) is 0 Å². The molecular formula is C16H25NO. The van der Waals surface area contributed by atoms with Crippen molar-refractivity contribution >= 4 is 0 Å². The standard InChI is InChI=1S/C16H25NO/c1-12-4-5-13(2)15(10-12)16(11-17-3)14-6-8-18-9-7-14/h4-5,10,14,16-17H,6-9,11H2,1-3H3. The van der Waals surface area contributed by atoms with Gasteiger partial charge < -0.3 is 10.1 Å². The molecule has 1 aliphatic rings. The van der Waals surface area contributed by atoms with Gasteiger partial charge in [0.25, 0.3) is 0 Å². The molecule has 1 atom stereocenters. The fourth-order valence-corrected chi connectivity index (χ4v) is 3.03. The Bertz CT molecular complexity index is 383. The summed E-state index contributed by atoms with van der Waals surface area (Å²) in [5.41, 5.74) is 4.31. The summed E-state index contributed by atoms with van der Waals surface area (Å²) in [6, 6.07) is 6.83. The Labute approximate surface area is 111 Å². The van der Waals surface area contributed by atoms with Gasteiger partial charge >= 0.3 is 0 Å². The molecular weight excluding hydrogens is 222 g/mol. The third-order valence-corrected chi connectivity index (χ3v) is 4.09. The van der Waals surface area contributed by atoms with Gasteiger partial charge in [-0.25, -0.2) is 0 Å². The van der Waals surface area contributed by atoms with Crippen LogP contribution >= 0.6 is 0 Å². The smallest absolute Gasteiger partial charge is 0.0468 e. The summed E-state index contributed by atoms with van der Waals surface area (Å²) in [6.45, 7) is 7.33. The van der Waals surface area contributed by atoms with Crippen molar-refractivity contribution in [1.29, 1.82) is 0 Å². The van der Waals surface area contributed by atoms with Crippen molar-refractivity contribution in [2.24, 2.45) is 5.92 Å². The minimum atomic E-state index is 0.624. The second-order valence-electron chi connectivity index (χ2n) is 5.47. The molecule has 2 rings (SSSR count). The molecule has 1 aromatic rings. The Morgan fingerprint density at radius 1 is 1.28 bits per heavy atom. The first-order chi connectivity index (χ1) is 8.72. The molecule has 1 aliphatic heterocycles. The first-order valence-corrected chi connectivity index (χ1v) is 7.02. The van der Waals surface area contributed by atoms with E-state index >= 15 is 0 Å². The molecule has 0 radical (unpaired) electrons. The third kappa shape index (κ3) is 3.12. The molecule has 2 heteroatoms. The average Bonchev–Trinajstić information content (AvgIpc) is 2.40. The van der Waals surface area contributed by atoms with E-state index in [9.17, 15) is 0 Å². The lowest BCUT2D eigenvalue weighted by molar-refractivity contribution is 0.0578. The predicted octanol–water partition coefficient (Wildman–Crippen LogP) is 3.03. The average molecular weight is 247 g/mol. The third-order valence-electron chi connectivity index (χ3n) is 4.09. The molecule has 2 nitrogen and oxygen atoms in total. The highest BCUT2D eigenvalue weighted by Gasteiger charge is 2.25. The van der Waals surface area contributed by atoms with Crippen molar-refractivity contribution in [2.45, 2.75) is 32.6 Å². The van der Waals surface area contributed by atoms with Gasteiger partial charge in [-0.1, -0.05) is 23.8 Å². The van der Waals surface area contributed by atoms with Gasteiger partial charge in [-0.15, -0.1) is 0 Å². The van der Waals surface area contributed by atoms with Crippen LogP contribution in [-0.2, 0) is 4.74 Å². The number of likely N-dealkylation sites (N-methyl/N-ethyl adjacent to an activating group) is 1. The molecule has 18 heavy (non-hydrogen) atoms. The van der Waals surface area contributed by atoms with Crippen molar-refractivity contribution in [3.8, 4) is 0 Å². The van der Waals surface area contributed by atoms with E-state index in [-0.39, 0.29) is 0 Å². The first-order valence-electron chi connectivity index (χ1n) is 7.02. The minimum absolute atomic E-state index is 0.624. The van der Waals surface area contributed by atoms with Crippen molar-refractivity contribution in [1.82, 2.24) is 5.32 Å². The van der Waals surface area contributed by atoms with Crippen LogP contribution in [-0.4, -0.2) is 26.8 Å². The van der Waals surface area contributed by atoms with Crippen molar-refractivity contribution in [3.05, 3.63) is 34.9 Å². The van der Waals surface area contributed by atoms with E-state index in [1.165, 1.54) is 29.5 Å². The molecule has 1 heterocycles. The van der Waals surface area contributed by atoms with Gasteiger partial charge in [-0.05, 0) is 56.7 Å². The predicted molar refractivity (Wildman–Crippen MR) is 76.1 cm³/mol. The molecule has 1 unspecified atom stereocenters. The number of benzene rings is 1. The summed E-state index contributed by atoms with van der Waals surface area (Å²) >= 11 is 0. The molecule has 0 aliphatic carbocycles. The molecule has 100 valence electrons. The highest BCUT2D eigenvalue weighted by Crippen LogP contribution is 2.33. The Kier molecular flexibility index (Phi) is 4.79. The van der Waals surface area contributed by atoms with Gasteiger partial charge in [0.2, 0.25) is 0 Å². The van der Waals surface area contributed by atoms with E-state index in [1.54, 1.807) is 0 Å². The molecule has 0 amide bonds. The summed E-state index contributed by atoms with van der Waals surface area (Å²) in [5.74, 6) is 1.38. The maximum atomic E-state index is 5.50. The first kappa shape index (κ1) is 13.6. The van der Waals surface area contributed by atoms with Crippen LogP contribution < -0.4 is 5.32 Å². The van der Waals surface area contributed by atoms with Crippen LogP contribution in [0.5, 0.6) is 0 Å².